The van der Waals surface area contributed by atoms with Crippen LogP contribution < -0.4 is 10.0 Å². The number of benzene rings is 1. The van der Waals surface area contributed by atoms with Gasteiger partial charge in [-0.3, -0.25) is 0 Å². The van der Waals surface area contributed by atoms with E-state index >= 15 is 0 Å². The second-order valence-corrected chi connectivity index (χ2v) is 7.20. The molecule has 4 nitrogen and oxygen atoms in total. The highest BCUT2D eigenvalue weighted by Gasteiger charge is 2.02. The largest absolute Gasteiger partial charge is 0.313 e. The molecule has 19 heavy (non-hydrogen) atoms. The van der Waals surface area contributed by atoms with Gasteiger partial charge in [0.15, 0.2) is 0 Å². The summed E-state index contributed by atoms with van der Waals surface area (Å²) in [5.74, 6) is 0. The van der Waals surface area contributed by atoms with Crippen molar-refractivity contribution in [2.45, 2.75) is 13.0 Å². The zero-order valence-electron chi connectivity index (χ0n) is 10.8. The average molecular weight is 298 g/mol. The molecular weight excluding hydrogens is 280 g/mol. The summed E-state index contributed by atoms with van der Waals surface area (Å²) in [5.41, 5.74) is 1.30. The van der Waals surface area contributed by atoms with Gasteiger partial charge in [0.1, 0.15) is 0 Å². The first kappa shape index (κ1) is 14.5. The van der Waals surface area contributed by atoms with Crippen LogP contribution in [0.25, 0.3) is 10.1 Å². The van der Waals surface area contributed by atoms with E-state index in [-0.39, 0.29) is 0 Å². The van der Waals surface area contributed by atoms with Crippen molar-refractivity contribution in [2.24, 2.45) is 0 Å². The molecule has 0 unspecified atom stereocenters. The smallest absolute Gasteiger partial charge is 0.208 e. The molecule has 2 aromatic rings. The van der Waals surface area contributed by atoms with Crippen LogP contribution in [-0.2, 0) is 16.6 Å². The van der Waals surface area contributed by atoms with E-state index in [2.05, 4.69) is 33.6 Å². The number of hydrogen-bond donors (Lipinski definition) is 2. The molecule has 0 radical (unpaired) electrons. The zero-order chi connectivity index (χ0) is 13.7. The Morgan fingerprint density at radius 1 is 1.21 bits per heavy atom. The molecule has 1 aromatic heterocycles. The van der Waals surface area contributed by atoms with Crippen LogP contribution in [0.4, 0.5) is 0 Å². The minimum Gasteiger partial charge on any atom is -0.313 e. The third kappa shape index (κ3) is 4.58. The normalized spacial score (nSPS) is 12.1. The molecule has 0 aliphatic carbocycles. The zero-order valence-corrected chi connectivity index (χ0v) is 12.5. The monoisotopic (exact) mass is 298 g/mol. The molecule has 6 heteroatoms. The number of nitrogens with one attached hydrogen (secondary N) is 2. The number of hydrogen-bond acceptors (Lipinski definition) is 4. The highest BCUT2D eigenvalue weighted by molar-refractivity contribution is 7.88. The fourth-order valence-electron chi connectivity index (χ4n) is 1.86. The lowest BCUT2D eigenvalue weighted by molar-refractivity contribution is 0.579. The van der Waals surface area contributed by atoms with E-state index in [1.165, 1.54) is 21.9 Å². The molecule has 2 N–H and O–H groups in total. The molecule has 0 atom stereocenters. The predicted octanol–water partition coefficient (Wildman–Crippen LogP) is 1.93. The van der Waals surface area contributed by atoms with Gasteiger partial charge in [-0.15, -0.1) is 11.3 Å². The molecule has 0 fully saturated rings. The minimum atomic E-state index is -3.06. The van der Waals surface area contributed by atoms with Gasteiger partial charge in [-0.1, -0.05) is 18.2 Å². The number of sulfonamides is 1. The SMILES string of the molecule is CS(=O)(=O)NCCCNCc1csc2ccccc12. The fourth-order valence-corrected chi connectivity index (χ4v) is 3.34. The van der Waals surface area contributed by atoms with Gasteiger partial charge >= 0.3 is 0 Å². The van der Waals surface area contributed by atoms with E-state index in [0.29, 0.717) is 6.54 Å². The lowest BCUT2D eigenvalue weighted by atomic mass is 10.2. The quantitative estimate of drug-likeness (QED) is 0.768. The Balaban J connectivity index is 1.74. The number of thiophene rings is 1. The molecule has 0 spiro atoms. The van der Waals surface area contributed by atoms with Gasteiger partial charge in [0.25, 0.3) is 0 Å². The third-order valence-electron chi connectivity index (χ3n) is 2.77. The maximum Gasteiger partial charge on any atom is 0.208 e. The Morgan fingerprint density at radius 3 is 2.79 bits per heavy atom. The molecule has 0 aliphatic rings. The standard InChI is InChI=1S/C13H18N2O2S2/c1-19(16,17)15-8-4-7-14-9-11-10-18-13-6-3-2-5-12(11)13/h2-3,5-6,10,14-15H,4,7-9H2,1H3. The lowest BCUT2D eigenvalue weighted by Gasteiger charge is -2.04. The van der Waals surface area contributed by atoms with Crippen LogP contribution in [0.5, 0.6) is 0 Å². The van der Waals surface area contributed by atoms with Gasteiger partial charge in [0, 0.05) is 17.8 Å². The second-order valence-electron chi connectivity index (χ2n) is 4.45. The van der Waals surface area contributed by atoms with Crippen molar-refractivity contribution in [2.75, 3.05) is 19.3 Å². The summed E-state index contributed by atoms with van der Waals surface area (Å²) in [5, 5.41) is 6.81. The first-order valence-corrected chi connectivity index (χ1v) is 8.94. The highest BCUT2D eigenvalue weighted by atomic mass is 32.2. The first-order chi connectivity index (χ1) is 9.06. The van der Waals surface area contributed by atoms with Crippen molar-refractivity contribution in [1.29, 1.82) is 0 Å². The van der Waals surface area contributed by atoms with E-state index in [1.807, 2.05) is 6.07 Å². The van der Waals surface area contributed by atoms with Gasteiger partial charge in [-0.05, 0) is 35.4 Å². The van der Waals surface area contributed by atoms with Gasteiger partial charge in [-0.2, -0.15) is 0 Å². The van der Waals surface area contributed by atoms with Crippen molar-refractivity contribution < 1.29 is 8.42 Å². The minimum absolute atomic E-state index is 0.482. The molecule has 1 heterocycles. The van der Waals surface area contributed by atoms with E-state index in [9.17, 15) is 8.42 Å². The van der Waals surface area contributed by atoms with E-state index in [0.717, 1.165) is 19.5 Å². The second kappa shape index (κ2) is 6.47. The number of rotatable bonds is 7. The molecule has 0 saturated carbocycles. The molecule has 0 amide bonds. The molecule has 0 saturated heterocycles. The average Bonchev–Trinajstić information content (AvgIpc) is 2.76. The lowest BCUT2D eigenvalue weighted by Crippen LogP contribution is -2.26. The Morgan fingerprint density at radius 2 is 2.00 bits per heavy atom. The molecule has 2 rings (SSSR count). The summed E-state index contributed by atoms with van der Waals surface area (Å²) in [6, 6.07) is 8.36. The maximum atomic E-state index is 10.9. The van der Waals surface area contributed by atoms with Crippen LogP contribution in [0.1, 0.15) is 12.0 Å². The van der Waals surface area contributed by atoms with E-state index in [1.54, 1.807) is 11.3 Å². The topological polar surface area (TPSA) is 58.2 Å². The summed E-state index contributed by atoms with van der Waals surface area (Å²) in [6.07, 6.45) is 1.97. The van der Waals surface area contributed by atoms with Crippen molar-refractivity contribution in [3.8, 4) is 0 Å². The molecular formula is C13H18N2O2S2. The summed E-state index contributed by atoms with van der Waals surface area (Å²) in [6.45, 7) is 2.10. The third-order valence-corrected chi connectivity index (χ3v) is 4.51. The molecule has 0 bridgehead atoms. The fraction of sp³-hybridized carbons (Fsp3) is 0.385. The van der Waals surface area contributed by atoms with Gasteiger partial charge in [0.05, 0.1) is 6.26 Å². The van der Waals surface area contributed by atoms with E-state index < -0.39 is 10.0 Å². The Kier molecular flexibility index (Phi) is 4.93. The van der Waals surface area contributed by atoms with Crippen LogP contribution in [0, 0.1) is 0 Å². The molecule has 1 aromatic carbocycles. The van der Waals surface area contributed by atoms with Crippen LogP contribution in [0.2, 0.25) is 0 Å². The van der Waals surface area contributed by atoms with Crippen molar-refractivity contribution in [3.63, 3.8) is 0 Å². The van der Waals surface area contributed by atoms with Gasteiger partial charge in [0.2, 0.25) is 10.0 Å². The summed E-state index contributed by atoms with van der Waals surface area (Å²) in [4.78, 5) is 0. The number of fused-ring (bicyclic) bond motifs is 1. The Bertz CT molecular complexity index is 635. The van der Waals surface area contributed by atoms with Crippen LogP contribution in [0.15, 0.2) is 29.6 Å². The Hall–Kier alpha value is -0.950. The van der Waals surface area contributed by atoms with Crippen LogP contribution in [0.3, 0.4) is 0 Å². The van der Waals surface area contributed by atoms with Gasteiger partial charge in [-0.25, -0.2) is 13.1 Å². The Labute approximate surface area is 117 Å². The summed E-state index contributed by atoms with van der Waals surface area (Å²) < 4.78 is 25.5. The van der Waals surface area contributed by atoms with Crippen molar-refractivity contribution in [1.82, 2.24) is 10.0 Å². The molecule has 0 aliphatic heterocycles. The predicted molar refractivity (Wildman–Crippen MR) is 81.0 cm³/mol. The van der Waals surface area contributed by atoms with E-state index in [4.69, 9.17) is 0 Å². The van der Waals surface area contributed by atoms with Crippen molar-refractivity contribution in [3.05, 3.63) is 35.2 Å². The van der Waals surface area contributed by atoms with Crippen molar-refractivity contribution >= 4 is 31.4 Å². The summed E-state index contributed by atoms with van der Waals surface area (Å²) in [7, 11) is -3.06. The first-order valence-electron chi connectivity index (χ1n) is 6.17. The highest BCUT2D eigenvalue weighted by Crippen LogP contribution is 2.25. The van der Waals surface area contributed by atoms with Crippen LogP contribution >= 0.6 is 11.3 Å². The van der Waals surface area contributed by atoms with Gasteiger partial charge < -0.3 is 5.32 Å². The molecule has 104 valence electrons. The maximum absolute atomic E-state index is 10.9. The van der Waals surface area contributed by atoms with Crippen LogP contribution in [-0.4, -0.2) is 27.8 Å². The summed E-state index contributed by atoms with van der Waals surface area (Å²) >= 11 is 1.75.